The van der Waals surface area contributed by atoms with E-state index < -0.39 is 0 Å². The maximum absolute atomic E-state index is 14.0. The van der Waals surface area contributed by atoms with Crippen molar-refractivity contribution in [3.63, 3.8) is 0 Å². The first kappa shape index (κ1) is 19.0. The summed E-state index contributed by atoms with van der Waals surface area (Å²) in [6.07, 6.45) is 11.0. The highest BCUT2D eigenvalue weighted by atomic mass is 35.5. The number of aromatic nitrogens is 1. The summed E-state index contributed by atoms with van der Waals surface area (Å²) in [7, 11) is 0. The van der Waals surface area contributed by atoms with Crippen LogP contribution in [-0.2, 0) is 11.2 Å². The highest BCUT2D eigenvalue weighted by Crippen LogP contribution is 2.51. The molecule has 2 aromatic rings. The second-order valence-corrected chi connectivity index (χ2v) is 9.55. The largest absolute Gasteiger partial charge is 0.299 e. The molecule has 3 aliphatic carbocycles. The number of nitrogens with zero attached hydrogens (tertiary/aromatic N) is 1. The van der Waals surface area contributed by atoms with E-state index in [1.54, 1.807) is 12.3 Å². The Morgan fingerprint density at radius 1 is 1.14 bits per heavy atom. The summed E-state index contributed by atoms with van der Waals surface area (Å²) >= 11 is 5.95. The minimum absolute atomic E-state index is 0.231. The maximum atomic E-state index is 14.0. The number of rotatable bonds is 6. The molecule has 1 heterocycles. The molecule has 0 amide bonds. The number of halogens is 2. The first-order valence-electron chi connectivity index (χ1n) is 10.6. The van der Waals surface area contributed by atoms with Crippen LogP contribution in [0.25, 0.3) is 5.57 Å². The first-order chi connectivity index (χ1) is 14.1. The van der Waals surface area contributed by atoms with Crippen molar-refractivity contribution < 1.29 is 9.18 Å². The molecule has 3 aliphatic rings. The van der Waals surface area contributed by atoms with Crippen molar-refractivity contribution in [1.29, 1.82) is 0 Å². The topological polar surface area (TPSA) is 30.0 Å². The molecule has 0 aliphatic heterocycles. The minimum Gasteiger partial charge on any atom is -0.299 e. The van der Waals surface area contributed by atoms with Crippen LogP contribution in [0.15, 0.2) is 48.8 Å². The Morgan fingerprint density at radius 2 is 1.97 bits per heavy atom. The van der Waals surface area contributed by atoms with E-state index in [0.717, 1.165) is 49.1 Å². The van der Waals surface area contributed by atoms with Crippen molar-refractivity contribution in [3.05, 3.63) is 70.8 Å². The average Bonchev–Trinajstić information content (AvgIpc) is 3.21. The number of ketones is 1. The quantitative estimate of drug-likeness (QED) is 0.573. The molecule has 2 saturated carbocycles. The monoisotopic (exact) mass is 409 g/mol. The van der Waals surface area contributed by atoms with Crippen LogP contribution in [0, 0.1) is 35.4 Å². The van der Waals surface area contributed by atoms with Crippen molar-refractivity contribution in [2.24, 2.45) is 29.6 Å². The van der Waals surface area contributed by atoms with Crippen molar-refractivity contribution in [2.45, 2.75) is 38.5 Å². The summed E-state index contributed by atoms with van der Waals surface area (Å²) in [5.41, 5.74) is 3.09. The van der Waals surface area contributed by atoms with Crippen LogP contribution in [-0.4, -0.2) is 10.8 Å². The van der Waals surface area contributed by atoms with Gasteiger partial charge in [-0.15, -0.1) is 0 Å². The van der Waals surface area contributed by atoms with E-state index in [4.69, 9.17) is 11.6 Å². The molecule has 4 heteroatoms. The Morgan fingerprint density at radius 3 is 2.72 bits per heavy atom. The lowest BCUT2D eigenvalue weighted by atomic mass is 9.93. The number of carbonyl (C=O) groups excluding carboxylic acids is 1. The van der Waals surface area contributed by atoms with Gasteiger partial charge in [-0.3, -0.25) is 9.78 Å². The van der Waals surface area contributed by atoms with Gasteiger partial charge in [0, 0.05) is 29.1 Å². The molecule has 0 bridgehead atoms. The SMILES string of the molecule is O=C(C[C@H]1CC2C=C(c3ccncc3F)CC2C1)C1CC1Cc1ccc(Cl)cc1. The van der Waals surface area contributed by atoms with Crippen molar-refractivity contribution in [3.8, 4) is 0 Å². The summed E-state index contributed by atoms with van der Waals surface area (Å²) in [5.74, 6) is 2.55. The molecule has 0 N–H and O–H groups in total. The van der Waals surface area contributed by atoms with Gasteiger partial charge >= 0.3 is 0 Å². The molecule has 2 nitrogen and oxygen atoms in total. The van der Waals surface area contributed by atoms with E-state index in [0.29, 0.717) is 35.0 Å². The van der Waals surface area contributed by atoms with Crippen molar-refractivity contribution in [1.82, 2.24) is 4.98 Å². The van der Waals surface area contributed by atoms with Crippen molar-refractivity contribution in [2.75, 3.05) is 0 Å². The van der Waals surface area contributed by atoms with Crippen LogP contribution in [0.5, 0.6) is 0 Å². The molecule has 5 rings (SSSR count). The smallest absolute Gasteiger partial charge is 0.148 e. The van der Waals surface area contributed by atoms with E-state index in [1.807, 2.05) is 12.1 Å². The van der Waals surface area contributed by atoms with E-state index in [-0.39, 0.29) is 11.7 Å². The van der Waals surface area contributed by atoms with E-state index in [2.05, 4.69) is 23.2 Å². The van der Waals surface area contributed by atoms with Gasteiger partial charge in [-0.1, -0.05) is 29.8 Å². The number of fused-ring (bicyclic) bond motifs is 1. The molecular weight excluding hydrogens is 385 g/mol. The number of allylic oxidation sites excluding steroid dienone is 2. The molecule has 150 valence electrons. The highest BCUT2D eigenvalue weighted by Gasteiger charge is 2.45. The second-order valence-electron chi connectivity index (χ2n) is 9.12. The Labute approximate surface area is 176 Å². The molecule has 0 spiro atoms. The Hall–Kier alpha value is -2.00. The van der Waals surface area contributed by atoms with Gasteiger partial charge in [0.05, 0.1) is 6.20 Å². The van der Waals surface area contributed by atoms with Crippen LogP contribution in [0.3, 0.4) is 0 Å². The van der Waals surface area contributed by atoms with Gasteiger partial charge in [0.25, 0.3) is 0 Å². The maximum Gasteiger partial charge on any atom is 0.148 e. The molecule has 29 heavy (non-hydrogen) atoms. The molecule has 4 unspecified atom stereocenters. The van der Waals surface area contributed by atoms with E-state index >= 15 is 0 Å². The first-order valence-corrected chi connectivity index (χ1v) is 11.0. The molecule has 2 fully saturated rings. The highest BCUT2D eigenvalue weighted by molar-refractivity contribution is 6.30. The Balaban J connectivity index is 1.13. The lowest BCUT2D eigenvalue weighted by Gasteiger charge is -2.11. The van der Waals surface area contributed by atoms with Gasteiger partial charge in [0.1, 0.15) is 11.6 Å². The summed E-state index contributed by atoms with van der Waals surface area (Å²) in [6, 6.07) is 9.75. The Kier molecular flexibility index (Phi) is 5.03. The van der Waals surface area contributed by atoms with Gasteiger partial charge < -0.3 is 0 Å². The molecular formula is C25H25ClFNO. The lowest BCUT2D eigenvalue weighted by Crippen LogP contribution is -2.10. The molecule has 5 atom stereocenters. The summed E-state index contributed by atoms with van der Waals surface area (Å²) in [5, 5.41) is 0.757. The standard InChI is InChI=1S/C25H25ClFNO/c26-21-3-1-15(2-4-21)7-19-13-23(19)25(29)10-16-8-17-11-20(12-18(17)9-16)22-5-6-28-14-24(22)27/h1-6,11,14,16-19,23H,7-10,12-13H2/t16-,17?,18?,19?,23?/m0/s1. The zero-order valence-electron chi connectivity index (χ0n) is 16.4. The summed E-state index contributed by atoms with van der Waals surface area (Å²) < 4.78 is 14.0. The molecule has 1 aromatic carbocycles. The number of Topliss-reactive ketones (excluding diaryl/α,β-unsaturated/α-hetero) is 1. The van der Waals surface area contributed by atoms with Gasteiger partial charge in [-0.2, -0.15) is 0 Å². The number of hydrogen-bond donors (Lipinski definition) is 0. The fraction of sp³-hybridized carbons (Fsp3) is 0.440. The van der Waals surface area contributed by atoms with Crippen LogP contribution in [0.1, 0.15) is 43.2 Å². The van der Waals surface area contributed by atoms with E-state index in [1.165, 1.54) is 11.8 Å². The summed E-state index contributed by atoms with van der Waals surface area (Å²) in [4.78, 5) is 16.6. The molecule has 0 saturated heterocycles. The normalized spacial score (nSPS) is 30.1. The predicted octanol–water partition coefficient (Wildman–Crippen LogP) is 6.14. The van der Waals surface area contributed by atoms with Gasteiger partial charge in [-0.05, 0) is 85.1 Å². The van der Waals surface area contributed by atoms with Gasteiger partial charge in [0.15, 0.2) is 0 Å². The number of hydrogen-bond acceptors (Lipinski definition) is 2. The number of benzene rings is 1. The van der Waals surface area contributed by atoms with Crippen LogP contribution in [0.2, 0.25) is 5.02 Å². The molecule has 0 radical (unpaired) electrons. The van der Waals surface area contributed by atoms with Crippen LogP contribution >= 0.6 is 11.6 Å². The second kappa shape index (κ2) is 7.68. The number of carbonyl (C=O) groups is 1. The van der Waals surface area contributed by atoms with Gasteiger partial charge in [0.2, 0.25) is 0 Å². The average molecular weight is 410 g/mol. The third-order valence-corrected chi connectivity index (χ3v) is 7.35. The third-order valence-electron chi connectivity index (χ3n) is 7.10. The fourth-order valence-electron chi connectivity index (χ4n) is 5.55. The zero-order valence-corrected chi connectivity index (χ0v) is 17.1. The lowest BCUT2D eigenvalue weighted by molar-refractivity contribution is -0.121. The summed E-state index contributed by atoms with van der Waals surface area (Å²) in [6.45, 7) is 0. The predicted molar refractivity (Wildman–Crippen MR) is 113 cm³/mol. The van der Waals surface area contributed by atoms with E-state index in [9.17, 15) is 9.18 Å². The fourth-order valence-corrected chi connectivity index (χ4v) is 5.68. The van der Waals surface area contributed by atoms with Crippen LogP contribution in [0.4, 0.5) is 4.39 Å². The van der Waals surface area contributed by atoms with Gasteiger partial charge in [-0.25, -0.2) is 4.39 Å². The zero-order chi connectivity index (χ0) is 20.0. The van der Waals surface area contributed by atoms with Crippen molar-refractivity contribution >= 4 is 23.0 Å². The Bertz CT molecular complexity index is 954. The third kappa shape index (κ3) is 4.02. The van der Waals surface area contributed by atoms with Crippen LogP contribution < -0.4 is 0 Å². The minimum atomic E-state index is -0.231. The molecule has 1 aromatic heterocycles. The number of pyridine rings is 1.